The average molecular weight is 332 g/mol. The molecule has 0 aliphatic carbocycles. The number of hydrogen-bond acceptors (Lipinski definition) is 4. The Morgan fingerprint density at radius 1 is 1.09 bits per heavy atom. The Kier molecular flexibility index (Phi) is 5.90. The van der Waals surface area contributed by atoms with E-state index in [0.717, 1.165) is 11.4 Å². The summed E-state index contributed by atoms with van der Waals surface area (Å²) in [5, 5.41) is 11.1. The van der Waals surface area contributed by atoms with Gasteiger partial charge in [-0.2, -0.15) is 0 Å². The monoisotopic (exact) mass is 332 g/mol. The molecule has 0 saturated carbocycles. The van der Waals surface area contributed by atoms with E-state index in [1.807, 2.05) is 36.5 Å². The van der Waals surface area contributed by atoms with Crippen LogP contribution in [0, 0.1) is 0 Å². The molecule has 1 amide bonds. The van der Waals surface area contributed by atoms with Crippen molar-refractivity contribution in [1.82, 2.24) is 9.80 Å². The van der Waals surface area contributed by atoms with Crippen molar-refractivity contribution in [3.05, 3.63) is 57.8 Å². The first-order valence-electron chi connectivity index (χ1n) is 7.27. The molecule has 1 N–H and O–H groups in total. The van der Waals surface area contributed by atoms with Crippen molar-refractivity contribution in [1.29, 1.82) is 0 Å². The molecule has 1 aromatic carbocycles. The van der Waals surface area contributed by atoms with E-state index in [2.05, 4.69) is 0 Å². The summed E-state index contributed by atoms with van der Waals surface area (Å²) in [4.78, 5) is 28.7. The van der Waals surface area contributed by atoms with Gasteiger partial charge >= 0.3 is 5.97 Å². The van der Waals surface area contributed by atoms with Gasteiger partial charge in [0.2, 0.25) is 0 Å². The van der Waals surface area contributed by atoms with Crippen LogP contribution >= 0.6 is 11.3 Å². The highest BCUT2D eigenvalue weighted by Crippen LogP contribution is 2.15. The summed E-state index contributed by atoms with van der Waals surface area (Å²) in [6.45, 7) is 1.86. The van der Waals surface area contributed by atoms with Gasteiger partial charge < -0.3 is 14.9 Å². The summed E-state index contributed by atoms with van der Waals surface area (Å²) in [6, 6.07) is 10.1. The van der Waals surface area contributed by atoms with Crippen LogP contribution in [0.1, 0.15) is 25.6 Å². The van der Waals surface area contributed by atoms with Gasteiger partial charge in [0.05, 0.1) is 12.1 Å². The maximum atomic E-state index is 12.8. The third-order valence-electron chi connectivity index (χ3n) is 3.39. The highest BCUT2D eigenvalue weighted by molar-refractivity contribution is 7.09. The lowest BCUT2D eigenvalue weighted by atomic mass is 10.1. The van der Waals surface area contributed by atoms with E-state index >= 15 is 0 Å². The van der Waals surface area contributed by atoms with Crippen LogP contribution in [0.3, 0.4) is 0 Å². The lowest BCUT2D eigenvalue weighted by Crippen LogP contribution is -2.36. The van der Waals surface area contributed by atoms with E-state index in [0.29, 0.717) is 18.7 Å². The van der Waals surface area contributed by atoms with Crippen LogP contribution in [-0.2, 0) is 6.54 Å². The highest BCUT2D eigenvalue weighted by Gasteiger charge is 2.18. The minimum atomic E-state index is -1.03. The number of amides is 1. The lowest BCUT2D eigenvalue weighted by Gasteiger charge is -2.24. The Bertz CT molecular complexity index is 668. The zero-order valence-electron chi connectivity index (χ0n) is 13.2. The van der Waals surface area contributed by atoms with Crippen LogP contribution in [-0.4, -0.2) is 54.0 Å². The molecule has 0 spiro atoms. The molecule has 0 radical (unpaired) electrons. The minimum absolute atomic E-state index is 0.125. The molecule has 0 fully saturated rings. The number of thiophene rings is 1. The molecule has 122 valence electrons. The number of nitrogens with zero attached hydrogens (tertiary/aromatic N) is 2. The topological polar surface area (TPSA) is 60.9 Å². The summed E-state index contributed by atoms with van der Waals surface area (Å²) >= 11 is 1.60. The molecule has 23 heavy (non-hydrogen) atoms. The number of aromatic carboxylic acids is 1. The Hall–Kier alpha value is -2.18. The fraction of sp³-hybridized carbons (Fsp3) is 0.294. The summed E-state index contributed by atoms with van der Waals surface area (Å²) in [6.07, 6.45) is 0. The van der Waals surface area contributed by atoms with E-state index in [4.69, 9.17) is 5.11 Å². The second-order valence-corrected chi connectivity index (χ2v) is 6.53. The van der Waals surface area contributed by atoms with Gasteiger partial charge in [-0.3, -0.25) is 4.79 Å². The number of rotatable bonds is 7. The molecule has 2 aromatic rings. The molecule has 6 heteroatoms. The first kappa shape index (κ1) is 17.2. The van der Waals surface area contributed by atoms with Crippen LogP contribution in [0.4, 0.5) is 0 Å². The van der Waals surface area contributed by atoms with Gasteiger partial charge in [-0.1, -0.05) is 12.1 Å². The average Bonchev–Trinajstić information content (AvgIpc) is 3.03. The highest BCUT2D eigenvalue weighted by atomic mass is 32.1. The molecule has 0 aliphatic heterocycles. The molecule has 1 heterocycles. The van der Waals surface area contributed by atoms with Crippen LogP contribution in [0.2, 0.25) is 0 Å². The Balaban J connectivity index is 2.20. The predicted molar refractivity (Wildman–Crippen MR) is 91.0 cm³/mol. The number of hydrogen-bond donors (Lipinski definition) is 1. The maximum Gasteiger partial charge on any atom is 0.335 e. The van der Waals surface area contributed by atoms with E-state index in [-0.39, 0.29) is 11.5 Å². The second-order valence-electron chi connectivity index (χ2n) is 5.50. The van der Waals surface area contributed by atoms with Gasteiger partial charge in [0.15, 0.2) is 0 Å². The van der Waals surface area contributed by atoms with Crippen molar-refractivity contribution in [2.24, 2.45) is 0 Å². The van der Waals surface area contributed by atoms with Crippen molar-refractivity contribution >= 4 is 23.2 Å². The summed E-state index contributed by atoms with van der Waals surface area (Å²) < 4.78 is 0. The smallest absolute Gasteiger partial charge is 0.335 e. The van der Waals surface area contributed by atoms with Crippen molar-refractivity contribution in [2.75, 3.05) is 27.2 Å². The zero-order valence-corrected chi connectivity index (χ0v) is 14.0. The van der Waals surface area contributed by atoms with Gasteiger partial charge in [0, 0.05) is 23.5 Å². The van der Waals surface area contributed by atoms with Crippen molar-refractivity contribution in [2.45, 2.75) is 6.54 Å². The summed E-state index contributed by atoms with van der Waals surface area (Å²) in [5.74, 6) is -1.18. The third-order valence-corrected chi connectivity index (χ3v) is 4.25. The fourth-order valence-electron chi connectivity index (χ4n) is 2.13. The molecule has 5 nitrogen and oxygen atoms in total. The first-order valence-corrected chi connectivity index (χ1v) is 8.15. The Morgan fingerprint density at radius 2 is 1.83 bits per heavy atom. The summed E-state index contributed by atoms with van der Waals surface area (Å²) in [7, 11) is 3.91. The van der Waals surface area contributed by atoms with E-state index in [1.165, 1.54) is 12.1 Å². The van der Waals surface area contributed by atoms with E-state index < -0.39 is 5.97 Å². The quantitative estimate of drug-likeness (QED) is 0.847. The number of benzene rings is 1. The number of carboxylic acid groups (broad SMARTS) is 1. The Labute approximate surface area is 139 Å². The van der Waals surface area contributed by atoms with Gasteiger partial charge in [-0.05, 0) is 43.7 Å². The number of carboxylic acids is 1. The number of carbonyl (C=O) groups is 2. The van der Waals surface area contributed by atoms with Crippen LogP contribution in [0.5, 0.6) is 0 Å². The van der Waals surface area contributed by atoms with Crippen LogP contribution in [0.15, 0.2) is 41.8 Å². The van der Waals surface area contributed by atoms with Crippen molar-refractivity contribution in [3.8, 4) is 0 Å². The second kappa shape index (κ2) is 7.89. The van der Waals surface area contributed by atoms with Gasteiger partial charge in [-0.15, -0.1) is 11.3 Å². The van der Waals surface area contributed by atoms with E-state index in [1.54, 1.807) is 28.4 Å². The lowest BCUT2D eigenvalue weighted by molar-refractivity contribution is 0.0697. The van der Waals surface area contributed by atoms with Gasteiger partial charge in [0.25, 0.3) is 5.91 Å². The zero-order chi connectivity index (χ0) is 16.8. The number of carbonyl (C=O) groups excluding carboxylic acids is 1. The van der Waals surface area contributed by atoms with Crippen LogP contribution < -0.4 is 0 Å². The maximum absolute atomic E-state index is 12.8. The molecule has 0 aliphatic rings. The Morgan fingerprint density at radius 3 is 2.43 bits per heavy atom. The first-order chi connectivity index (χ1) is 11.0. The van der Waals surface area contributed by atoms with Gasteiger partial charge in [0.1, 0.15) is 0 Å². The van der Waals surface area contributed by atoms with Crippen LogP contribution in [0.25, 0.3) is 0 Å². The molecular weight excluding hydrogens is 312 g/mol. The molecular formula is C17H20N2O3S. The normalized spacial score (nSPS) is 10.7. The molecule has 0 saturated heterocycles. The molecule has 2 rings (SSSR count). The third kappa shape index (κ3) is 4.91. The largest absolute Gasteiger partial charge is 0.478 e. The molecule has 1 aromatic heterocycles. The predicted octanol–water partition coefficient (Wildman–Crippen LogP) is 2.65. The molecule has 0 unspecified atom stereocenters. The van der Waals surface area contributed by atoms with Gasteiger partial charge in [-0.25, -0.2) is 4.79 Å². The standard InChI is InChI=1S/C17H20N2O3S/c1-18(2)8-9-19(12-15-7-4-10-23-15)16(20)13-5-3-6-14(11-13)17(21)22/h3-7,10-11H,8-9,12H2,1-2H3,(H,21,22). The van der Waals surface area contributed by atoms with Crippen molar-refractivity contribution < 1.29 is 14.7 Å². The minimum Gasteiger partial charge on any atom is -0.478 e. The summed E-state index contributed by atoms with van der Waals surface area (Å²) in [5.41, 5.74) is 0.528. The van der Waals surface area contributed by atoms with E-state index in [9.17, 15) is 9.59 Å². The molecule has 0 atom stereocenters. The molecule has 0 bridgehead atoms. The number of likely N-dealkylation sites (N-methyl/N-ethyl adjacent to an activating group) is 1. The van der Waals surface area contributed by atoms with Crippen molar-refractivity contribution in [3.63, 3.8) is 0 Å². The SMILES string of the molecule is CN(C)CCN(Cc1cccs1)C(=O)c1cccc(C(=O)O)c1. The fourth-order valence-corrected chi connectivity index (χ4v) is 2.85.